The molecule has 0 fully saturated rings. The van der Waals surface area contributed by atoms with E-state index in [9.17, 15) is 4.79 Å². The van der Waals surface area contributed by atoms with E-state index in [1.807, 2.05) is 0 Å². The summed E-state index contributed by atoms with van der Waals surface area (Å²) in [6.45, 7) is 0. The van der Waals surface area contributed by atoms with Crippen molar-refractivity contribution < 1.29 is 9.53 Å². The van der Waals surface area contributed by atoms with Gasteiger partial charge >= 0.3 is 5.97 Å². The van der Waals surface area contributed by atoms with Gasteiger partial charge < -0.3 is 10.5 Å². The van der Waals surface area contributed by atoms with E-state index in [1.165, 1.54) is 18.4 Å². The minimum absolute atomic E-state index is 0.429. The Labute approximate surface area is 96.5 Å². The molecule has 0 aromatic carbocycles. The lowest BCUT2D eigenvalue weighted by molar-refractivity contribution is -0.142. The number of hydrogen-bond donors (Lipinski definition) is 1. The maximum atomic E-state index is 11.1. The van der Waals surface area contributed by atoms with E-state index in [4.69, 9.17) is 5.73 Å². The summed E-state index contributed by atoms with van der Waals surface area (Å²) in [5.74, 6) is -0.429. The summed E-state index contributed by atoms with van der Waals surface area (Å²) in [7, 11) is 1.32. The Balaban J connectivity index is 2.89. The van der Waals surface area contributed by atoms with Gasteiger partial charge in [-0.05, 0) is 37.9 Å². The number of methoxy groups -OCH3 is 1. The van der Waals surface area contributed by atoms with Crippen molar-refractivity contribution >= 4 is 49.2 Å². The predicted octanol–water partition coefficient (Wildman–Crippen LogP) is 2.45. The minimum Gasteiger partial charge on any atom is -0.468 e. The van der Waals surface area contributed by atoms with Crippen molar-refractivity contribution in [3.63, 3.8) is 0 Å². The molecule has 0 amide bonds. The molecular weight excluding hydrogens is 322 g/mol. The summed E-state index contributed by atoms with van der Waals surface area (Å²) in [5, 5.41) is 0. The van der Waals surface area contributed by atoms with Crippen molar-refractivity contribution in [2.45, 2.75) is 6.04 Å². The molecule has 2 N–H and O–H groups in total. The molecule has 0 saturated carbocycles. The third-order valence-electron chi connectivity index (χ3n) is 1.43. The SMILES string of the molecule is COC(=O)C(N)c1cc(Br)c(Br)s1. The number of carbonyl (C=O) groups excluding carboxylic acids is 1. The number of rotatable bonds is 2. The van der Waals surface area contributed by atoms with Crippen LogP contribution in [0.1, 0.15) is 10.9 Å². The summed E-state index contributed by atoms with van der Waals surface area (Å²) in [6, 6.07) is 1.11. The summed E-state index contributed by atoms with van der Waals surface area (Å²) >= 11 is 8.04. The van der Waals surface area contributed by atoms with Gasteiger partial charge in [-0.2, -0.15) is 0 Å². The van der Waals surface area contributed by atoms with Gasteiger partial charge in [0.1, 0.15) is 6.04 Å². The van der Waals surface area contributed by atoms with Gasteiger partial charge in [-0.3, -0.25) is 0 Å². The summed E-state index contributed by atoms with van der Waals surface area (Å²) < 4.78 is 6.34. The highest BCUT2D eigenvalue weighted by Crippen LogP contribution is 2.34. The number of hydrogen-bond acceptors (Lipinski definition) is 4. The van der Waals surface area contributed by atoms with Gasteiger partial charge in [0.25, 0.3) is 0 Å². The molecule has 0 spiro atoms. The Kier molecular flexibility index (Phi) is 3.90. The second-order valence-corrected chi connectivity index (χ2v) is 5.53. The average molecular weight is 329 g/mol. The lowest BCUT2D eigenvalue weighted by Crippen LogP contribution is -2.21. The van der Waals surface area contributed by atoms with E-state index in [0.29, 0.717) is 0 Å². The van der Waals surface area contributed by atoms with Crippen molar-refractivity contribution in [1.29, 1.82) is 0 Å². The minimum atomic E-state index is -0.697. The van der Waals surface area contributed by atoms with E-state index >= 15 is 0 Å². The highest BCUT2D eigenvalue weighted by atomic mass is 79.9. The molecule has 72 valence electrons. The van der Waals surface area contributed by atoms with Crippen molar-refractivity contribution in [3.05, 3.63) is 19.2 Å². The predicted molar refractivity (Wildman–Crippen MR) is 58.7 cm³/mol. The number of halogens is 2. The number of thiophene rings is 1. The molecule has 1 heterocycles. The lowest BCUT2D eigenvalue weighted by Gasteiger charge is -2.05. The van der Waals surface area contributed by atoms with Crippen molar-refractivity contribution in [2.75, 3.05) is 7.11 Å². The van der Waals surface area contributed by atoms with Crippen LogP contribution < -0.4 is 5.73 Å². The zero-order valence-corrected chi connectivity index (χ0v) is 10.7. The van der Waals surface area contributed by atoms with Gasteiger partial charge in [0.15, 0.2) is 0 Å². The topological polar surface area (TPSA) is 52.3 Å². The zero-order chi connectivity index (χ0) is 10.0. The Morgan fingerprint density at radius 2 is 2.31 bits per heavy atom. The quantitative estimate of drug-likeness (QED) is 0.848. The van der Waals surface area contributed by atoms with E-state index in [0.717, 1.165) is 13.1 Å². The number of nitrogens with two attached hydrogens (primary N) is 1. The molecule has 1 rings (SSSR count). The van der Waals surface area contributed by atoms with Gasteiger partial charge in [0, 0.05) is 9.35 Å². The van der Waals surface area contributed by atoms with Crippen LogP contribution in [-0.4, -0.2) is 13.1 Å². The summed E-state index contributed by atoms with van der Waals surface area (Å²) in [5.41, 5.74) is 5.63. The molecule has 6 heteroatoms. The second-order valence-electron chi connectivity index (χ2n) is 2.27. The van der Waals surface area contributed by atoms with E-state index in [2.05, 4.69) is 36.6 Å². The van der Waals surface area contributed by atoms with Crippen LogP contribution in [0.25, 0.3) is 0 Å². The molecule has 1 aromatic rings. The number of esters is 1. The molecule has 3 nitrogen and oxygen atoms in total. The molecule has 0 aliphatic heterocycles. The molecular formula is C7H7Br2NO2S. The maximum absolute atomic E-state index is 11.1. The van der Waals surface area contributed by atoms with Crippen molar-refractivity contribution in [2.24, 2.45) is 5.73 Å². The fourth-order valence-electron chi connectivity index (χ4n) is 0.760. The average Bonchev–Trinajstić information content (AvgIpc) is 2.44. The normalized spacial score (nSPS) is 12.6. The highest BCUT2D eigenvalue weighted by molar-refractivity contribution is 9.13. The first-order chi connectivity index (χ1) is 6.06. The Morgan fingerprint density at radius 3 is 2.69 bits per heavy atom. The van der Waals surface area contributed by atoms with E-state index in [1.54, 1.807) is 6.07 Å². The van der Waals surface area contributed by atoms with Gasteiger partial charge in [-0.25, -0.2) is 4.79 Å². The molecule has 13 heavy (non-hydrogen) atoms. The fraction of sp³-hybridized carbons (Fsp3) is 0.286. The van der Waals surface area contributed by atoms with Gasteiger partial charge in [0.2, 0.25) is 0 Å². The monoisotopic (exact) mass is 327 g/mol. The van der Waals surface area contributed by atoms with Crippen LogP contribution >= 0.6 is 43.2 Å². The highest BCUT2D eigenvalue weighted by Gasteiger charge is 2.19. The van der Waals surface area contributed by atoms with Crippen LogP contribution in [0.5, 0.6) is 0 Å². The standard InChI is InChI=1S/C7H7Br2NO2S/c1-12-7(11)5(10)4-2-3(8)6(9)13-4/h2,5H,10H2,1H3. The first-order valence-electron chi connectivity index (χ1n) is 3.34. The van der Waals surface area contributed by atoms with Crippen LogP contribution in [0.4, 0.5) is 0 Å². The smallest absolute Gasteiger partial charge is 0.328 e. The molecule has 0 saturated heterocycles. The van der Waals surface area contributed by atoms with Crippen LogP contribution in [0.3, 0.4) is 0 Å². The Morgan fingerprint density at radius 1 is 1.69 bits per heavy atom. The molecule has 1 unspecified atom stereocenters. The molecule has 0 aliphatic rings. The molecule has 0 aliphatic carbocycles. The van der Waals surface area contributed by atoms with Gasteiger partial charge in [-0.1, -0.05) is 0 Å². The largest absolute Gasteiger partial charge is 0.468 e. The van der Waals surface area contributed by atoms with E-state index in [-0.39, 0.29) is 0 Å². The van der Waals surface area contributed by atoms with Crippen LogP contribution in [0, 0.1) is 0 Å². The Bertz CT molecular complexity index is 307. The van der Waals surface area contributed by atoms with Crippen LogP contribution in [0.2, 0.25) is 0 Å². The lowest BCUT2D eigenvalue weighted by atomic mass is 10.2. The van der Waals surface area contributed by atoms with Crippen molar-refractivity contribution in [1.82, 2.24) is 0 Å². The Hall–Kier alpha value is 0.0900. The zero-order valence-electron chi connectivity index (χ0n) is 6.71. The molecule has 1 aromatic heterocycles. The van der Waals surface area contributed by atoms with Crippen molar-refractivity contribution in [3.8, 4) is 0 Å². The fourth-order valence-corrected chi connectivity index (χ4v) is 2.84. The summed E-state index contributed by atoms with van der Waals surface area (Å²) in [4.78, 5) is 11.8. The number of carbonyl (C=O) groups is 1. The molecule has 0 bridgehead atoms. The third-order valence-corrected chi connectivity index (χ3v) is 4.77. The van der Waals surface area contributed by atoms with Crippen LogP contribution in [-0.2, 0) is 9.53 Å². The van der Waals surface area contributed by atoms with Gasteiger partial charge in [0.05, 0.1) is 10.9 Å². The maximum Gasteiger partial charge on any atom is 0.328 e. The first kappa shape index (κ1) is 11.2. The van der Waals surface area contributed by atoms with Crippen LogP contribution in [0.15, 0.2) is 14.3 Å². The first-order valence-corrected chi connectivity index (χ1v) is 5.74. The summed E-state index contributed by atoms with van der Waals surface area (Å²) in [6.07, 6.45) is 0. The third kappa shape index (κ3) is 2.52. The second kappa shape index (κ2) is 4.54. The molecule has 1 atom stereocenters. The number of ether oxygens (including phenoxy) is 1. The van der Waals surface area contributed by atoms with E-state index < -0.39 is 12.0 Å². The van der Waals surface area contributed by atoms with Gasteiger partial charge in [-0.15, -0.1) is 11.3 Å². The molecule has 0 radical (unpaired) electrons.